The highest BCUT2D eigenvalue weighted by Crippen LogP contribution is 2.24. The smallest absolute Gasteiger partial charge is 0.227 e. The van der Waals surface area contributed by atoms with Crippen molar-refractivity contribution in [1.29, 1.82) is 0 Å². The molecule has 1 atom stereocenters. The number of carbonyl (C=O) groups excluding carboxylic acids is 1. The second-order valence-electron chi connectivity index (χ2n) is 5.99. The average Bonchev–Trinajstić information content (AvgIpc) is 3.18. The molecule has 0 N–H and O–H groups in total. The minimum atomic E-state index is -0.468. The maximum atomic E-state index is 13.9. The van der Waals surface area contributed by atoms with Gasteiger partial charge in [-0.1, -0.05) is 29.8 Å². The Morgan fingerprint density at radius 2 is 2.00 bits per heavy atom. The molecular formula is C19H18ClFN4O. The number of hydrogen-bond acceptors (Lipinski definition) is 3. The van der Waals surface area contributed by atoms with Gasteiger partial charge in [-0.2, -0.15) is 5.10 Å². The molecule has 0 aliphatic heterocycles. The Kier molecular flexibility index (Phi) is 5.32. The second kappa shape index (κ2) is 7.66. The molecule has 0 radical (unpaired) electrons. The Morgan fingerprint density at radius 3 is 2.62 bits per heavy atom. The minimum Gasteiger partial charge on any atom is -0.339 e. The maximum Gasteiger partial charge on any atom is 0.227 e. The number of aromatic nitrogens is 3. The number of carbonyl (C=O) groups is 1. The molecule has 7 heteroatoms. The van der Waals surface area contributed by atoms with Crippen LogP contribution in [-0.4, -0.2) is 32.6 Å². The van der Waals surface area contributed by atoms with Gasteiger partial charge in [0.1, 0.15) is 18.5 Å². The van der Waals surface area contributed by atoms with E-state index < -0.39 is 5.82 Å². The van der Waals surface area contributed by atoms with E-state index in [-0.39, 0.29) is 29.0 Å². The number of nitrogens with zero attached hydrogens (tertiary/aromatic N) is 4. The highest BCUT2D eigenvalue weighted by molar-refractivity contribution is 6.31. The Hall–Kier alpha value is -2.73. The fraction of sp³-hybridized carbons (Fsp3) is 0.211. The van der Waals surface area contributed by atoms with E-state index >= 15 is 0 Å². The summed E-state index contributed by atoms with van der Waals surface area (Å²) in [4.78, 5) is 18.1. The zero-order chi connectivity index (χ0) is 18.7. The molecule has 0 saturated heterocycles. The molecule has 0 spiro atoms. The van der Waals surface area contributed by atoms with Gasteiger partial charge in [-0.15, -0.1) is 0 Å². The van der Waals surface area contributed by atoms with Crippen LogP contribution in [0, 0.1) is 5.82 Å². The van der Waals surface area contributed by atoms with Crippen LogP contribution in [0.3, 0.4) is 0 Å². The van der Waals surface area contributed by atoms with Gasteiger partial charge in [-0.25, -0.2) is 14.1 Å². The van der Waals surface area contributed by atoms with Crippen LogP contribution in [0.4, 0.5) is 4.39 Å². The van der Waals surface area contributed by atoms with E-state index in [1.54, 1.807) is 29.0 Å². The number of amides is 1. The van der Waals surface area contributed by atoms with Gasteiger partial charge in [0.2, 0.25) is 5.91 Å². The van der Waals surface area contributed by atoms with Crippen molar-refractivity contribution in [2.75, 3.05) is 7.05 Å². The monoisotopic (exact) mass is 372 g/mol. The molecule has 1 heterocycles. The van der Waals surface area contributed by atoms with Crippen LogP contribution in [0.5, 0.6) is 0 Å². The minimum absolute atomic E-state index is 0.0800. The SMILES string of the molecule is CC(c1ccc(-n2cncn2)cc1)N(C)C(=O)Cc1c(F)cccc1Cl. The van der Waals surface area contributed by atoms with Crippen LogP contribution in [0.2, 0.25) is 5.02 Å². The van der Waals surface area contributed by atoms with Gasteiger partial charge in [-0.3, -0.25) is 4.79 Å². The molecule has 3 aromatic rings. The van der Waals surface area contributed by atoms with E-state index in [0.29, 0.717) is 0 Å². The summed E-state index contributed by atoms with van der Waals surface area (Å²) in [5.41, 5.74) is 2.06. The van der Waals surface area contributed by atoms with Gasteiger partial charge < -0.3 is 4.90 Å². The second-order valence-corrected chi connectivity index (χ2v) is 6.40. The lowest BCUT2D eigenvalue weighted by atomic mass is 10.1. The zero-order valence-corrected chi connectivity index (χ0v) is 15.2. The van der Waals surface area contributed by atoms with E-state index in [1.807, 2.05) is 31.2 Å². The first kappa shape index (κ1) is 18.1. The molecule has 1 aromatic heterocycles. The molecule has 0 saturated carbocycles. The summed E-state index contributed by atoms with van der Waals surface area (Å²) in [6.07, 6.45) is 3.01. The van der Waals surface area contributed by atoms with Crippen molar-refractivity contribution < 1.29 is 9.18 Å². The molecule has 0 aliphatic carbocycles. The van der Waals surface area contributed by atoms with E-state index in [2.05, 4.69) is 10.1 Å². The van der Waals surface area contributed by atoms with Gasteiger partial charge in [0.05, 0.1) is 18.2 Å². The zero-order valence-electron chi connectivity index (χ0n) is 14.4. The normalized spacial score (nSPS) is 12.0. The molecular weight excluding hydrogens is 355 g/mol. The van der Waals surface area contributed by atoms with Crippen LogP contribution in [0.1, 0.15) is 24.1 Å². The highest BCUT2D eigenvalue weighted by Gasteiger charge is 2.20. The van der Waals surface area contributed by atoms with Crippen molar-refractivity contribution in [2.24, 2.45) is 0 Å². The van der Waals surface area contributed by atoms with Crippen molar-refractivity contribution in [2.45, 2.75) is 19.4 Å². The Balaban J connectivity index is 1.72. The summed E-state index contributed by atoms with van der Waals surface area (Å²) in [6, 6.07) is 11.9. The first-order valence-corrected chi connectivity index (χ1v) is 8.48. The number of rotatable bonds is 5. The lowest BCUT2D eigenvalue weighted by Crippen LogP contribution is -2.31. The first-order valence-electron chi connectivity index (χ1n) is 8.11. The van der Waals surface area contributed by atoms with Crippen LogP contribution in [0.25, 0.3) is 5.69 Å². The van der Waals surface area contributed by atoms with E-state index in [9.17, 15) is 9.18 Å². The molecule has 3 rings (SSSR count). The lowest BCUT2D eigenvalue weighted by molar-refractivity contribution is -0.131. The third-order valence-corrected chi connectivity index (χ3v) is 4.78. The molecule has 0 bridgehead atoms. The molecule has 1 amide bonds. The maximum absolute atomic E-state index is 13.9. The summed E-state index contributed by atoms with van der Waals surface area (Å²) in [5, 5.41) is 4.34. The van der Waals surface area contributed by atoms with Crippen molar-refractivity contribution in [3.63, 3.8) is 0 Å². The van der Waals surface area contributed by atoms with Crippen molar-refractivity contribution in [3.8, 4) is 5.69 Å². The third-order valence-electron chi connectivity index (χ3n) is 4.42. The van der Waals surface area contributed by atoms with Gasteiger partial charge in [0.15, 0.2) is 0 Å². The number of hydrogen-bond donors (Lipinski definition) is 0. The first-order chi connectivity index (χ1) is 12.5. The lowest BCUT2D eigenvalue weighted by Gasteiger charge is -2.26. The molecule has 2 aromatic carbocycles. The van der Waals surface area contributed by atoms with Crippen LogP contribution >= 0.6 is 11.6 Å². The Bertz CT molecular complexity index is 876. The Morgan fingerprint density at radius 1 is 1.27 bits per heavy atom. The molecule has 26 heavy (non-hydrogen) atoms. The van der Waals surface area contributed by atoms with Crippen LogP contribution in [0.15, 0.2) is 55.1 Å². The van der Waals surface area contributed by atoms with E-state index in [1.165, 1.54) is 18.5 Å². The summed E-state index contributed by atoms with van der Waals surface area (Å²) in [6.45, 7) is 1.92. The number of benzene rings is 2. The van der Waals surface area contributed by atoms with Gasteiger partial charge >= 0.3 is 0 Å². The van der Waals surface area contributed by atoms with Crippen molar-refractivity contribution >= 4 is 17.5 Å². The van der Waals surface area contributed by atoms with Crippen molar-refractivity contribution in [3.05, 3.63) is 77.1 Å². The van der Waals surface area contributed by atoms with Gasteiger partial charge in [0.25, 0.3) is 0 Å². The topological polar surface area (TPSA) is 51.0 Å². The number of likely N-dealkylation sites (N-methyl/N-ethyl adjacent to an activating group) is 1. The van der Waals surface area contributed by atoms with Gasteiger partial charge in [-0.05, 0) is 36.8 Å². The molecule has 1 unspecified atom stereocenters. The largest absolute Gasteiger partial charge is 0.339 e. The van der Waals surface area contributed by atoms with E-state index in [0.717, 1.165) is 11.3 Å². The van der Waals surface area contributed by atoms with Gasteiger partial charge in [0, 0.05) is 17.6 Å². The fourth-order valence-electron chi connectivity index (χ4n) is 2.66. The predicted octanol–water partition coefficient (Wildman–Crippen LogP) is 3.82. The van der Waals surface area contributed by atoms with E-state index in [4.69, 9.17) is 11.6 Å². The molecule has 0 aliphatic rings. The molecule has 134 valence electrons. The molecule has 0 fully saturated rings. The van der Waals surface area contributed by atoms with Crippen LogP contribution < -0.4 is 0 Å². The fourth-order valence-corrected chi connectivity index (χ4v) is 2.89. The van der Waals surface area contributed by atoms with Crippen LogP contribution in [-0.2, 0) is 11.2 Å². The quantitative estimate of drug-likeness (QED) is 0.684. The number of halogens is 2. The summed E-state index contributed by atoms with van der Waals surface area (Å²) < 4.78 is 15.6. The third kappa shape index (κ3) is 3.75. The molecule has 5 nitrogen and oxygen atoms in total. The highest BCUT2D eigenvalue weighted by atomic mass is 35.5. The summed E-state index contributed by atoms with van der Waals surface area (Å²) in [7, 11) is 1.70. The summed E-state index contributed by atoms with van der Waals surface area (Å²) >= 11 is 6.02. The summed E-state index contributed by atoms with van der Waals surface area (Å²) in [5.74, 6) is -0.672. The Labute approximate surface area is 156 Å². The predicted molar refractivity (Wildman–Crippen MR) is 97.7 cm³/mol. The average molecular weight is 373 g/mol. The standard InChI is InChI=1S/C19H18ClFN4O/c1-13(14-6-8-15(9-7-14)25-12-22-11-23-25)24(2)19(26)10-16-17(20)4-3-5-18(16)21/h3-9,11-13H,10H2,1-2H3. The van der Waals surface area contributed by atoms with Crippen molar-refractivity contribution in [1.82, 2.24) is 19.7 Å².